The van der Waals surface area contributed by atoms with Gasteiger partial charge in [-0.3, -0.25) is 0 Å². The van der Waals surface area contributed by atoms with E-state index in [-0.39, 0.29) is 5.54 Å². The number of rotatable bonds is 6. The Labute approximate surface area is 134 Å². The predicted molar refractivity (Wildman–Crippen MR) is 85.9 cm³/mol. The third kappa shape index (κ3) is 4.04. The van der Waals surface area contributed by atoms with Crippen LogP contribution in [0, 0.1) is 6.92 Å². The lowest BCUT2D eigenvalue weighted by Gasteiger charge is -2.29. The van der Waals surface area contributed by atoms with E-state index in [0.29, 0.717) is 18.0 Å². The number of sulfonamides is 1. The van der Waals surface area contributed by atoms with E-state index in [0.717, 1.165) is 29.4 Å². The van der Waals surface area contributed by atoms with Crippen molar-refractivity contribution in [2.75, 3.05) is 26.8 Å². The van der Waals surface area contributed by atoms with Crippen molar-refractivity contribution in [3.63, 3.8) is 0 Å². The van der Waals surface area contributed by atoms with Gasteiger partial charge in [0, 0.05) is 18.1 Å². The standard InChI is InChI=1S/C14H21BrN2O3S/c1-11-4-5-12(15)8-13(11)21(18,19)17-9-14(10-20-2)6-3-7-16-14/h4-5,8,16-17H,3,6-7,9-10H2,1-2H3. The van der Waals surface area contributed by atoms with Crippen molar-refractivity contribution in [2.45, 2.75) is 30.2 Å². The summed E-state index contributed by atoms with van der Waals surface area (Å²) in [6.07, 6.45) is 1.93. The molecule has 2 N–H and O–H groups in total. The van der Waals surface area contributed by atoms with Crippen LogP contribution in [0.3, 0.4) is 0 Å². The minimum Gasteiger partial charge on any atom is -0.383 e. The van der Waals surface area contributed by atoms with E-state index in [2.05, 4.69) is 26.0 Å². The quantitative estimate of drug-likeness (QED) is 0.794. The van der Waals surface area contributed by atoms with Crippen LogP contribution >= 0.6 is 15.9 Å². The Morgan fingerprint density at radius 1 is 1.48 bits per heavy atom. The highest BCUT2D eigenvalue weighted by molar-refractivity contribution is 9.10. The number of hydrogen-bond donors (Lipinski definition) is 2. The van der Waals surface area contributed by atoms with Crippen molar-refractivity contribution in [1.82, 2.24) is 10.0 Å². The molecule has 5 nitrogen and oxygen atoms in total. The molecule has 0 radical (unpaired) electrons. The van der Waals surface area contributed by atoms with Gasteiger partial charge in [0.25, 0.3) is 0 Å². The highest BCUT2D eigenvalue weighted by Crippen LogP contribution is 2.23. The molecule has 1 fully saturated rings. The number of nitrogens with one attached hydrogen (secondary N) is 2. The monoisotopic (exact) mass is 376 g/mol. The van der Waals surface area contributed by atoms with Gasteiger partial charge in [-0.15, -0.1) is 0 Å². The molecular weight excluding hydrogens is 356 g/mol. The van der Waals surface area contributed by atoms with Crippen molar-refractivity contribution < 1.29 is 13.2 Å². The van der Waals surface area contributed by atoms with Gasteiger partial charge in [-0.25, -0.2) is 13.1 Å². The predicted octanol–water partition coefficient (Wildman–Crippen LogP) is 1.80. The summed E-state index contributed by atoms with van der Waals surface area (Å²) >= 11 is 3.32. The smallest absolute Gasteiger partial charge is 0.240 e. The molecule has 21 heavy (non-hydrogen) atoms. The van der Waals surface area contributed by atoms with Gasteiger partial charge in [0.2, 0.25) is 10.0 Å². The number of methoxy groups -OCH3 is 1. The highest BCUT2D eigenvalue weighted by atomic mass is 79.9. The van der Waals surface area contributed by atoms with Crippen molar-refractivity contribution in [3.8, 4) is 0 Å². The normalized spacial score (nSPS) is 22.6. The number of halogens is 1. The molecule has 0 amide bonds. The van der Waals surface area contributed by atoms with E-state index < -0.39 is 10.0 Å². The fraction of sp³-hybridized carbons (Fsp3) is 0.571. The fourth-order valence-electron chi connectivity index (χ4n) is 2.64. The summed E-state index contributed by atoms with van der Waals surface area (Å²) in [4.78, 5) is 0.308. The summed E-state index contributed by atoms with van der Waals surface area (Å²) < 4.78 is 33.7. The van der Waals surface area contributed by atoms with E-state index in [1.807, 2.05) is 6.07 Å². The zero-order valence-corrected chi connectivity index (χ0v) is 14.7. The van der Waals surface area contributed by atoms with Crippen molar-refractivity contribution in [2.24, 2.45) is 0 Å². The molecule has 0 bridgehead atoms. The third-order valence-corrected chi connectivity index (χ3v) is 5.83. The van der Waals surface area contributed by atoms with Crippen molar-refractivity contribution in [1.29, 1.82) is 0 Å². The van der Waals surface area contributed by atoms with Gasteiger partial charge in [-0.05, 0) is 44.0 Å². The molecule has 1 aliphatic heterocycles. The van der Waals surface area contributed by atoms with E-state index >= 15 is 0 Å². The average molecular weight is 377 g/mol. The minimum atomic E-state index is -3.53. The Balaban J connectivity index is 2.15. The first-order chi connectivity index (χ1) is 9.88. The van der Waals surface area contributed by atoms with Gasteiger partial charge in [0.05, 0.1) is 17.0 Å². The maximum Gasteiger partial charge on any atom is 0.240 e. The van der Waals surface area contributed by atoms with Crippen LogP contribution in [0.4, 0.5) is 0 Å². The van der Waals surface area contributed by atoms with Gasteiger partial charge in [0.1, 0.15) is 0 Å². The zero-order valence-electron chi connectivity index (χ0n) is 12.3. The Morgan fingerprint density at radius 3 is 2.86 bits per heavy atom. The van der Waals surface area contributed by atoms with Crippen LogP contribution in [0.25, 0.3) is 0 Å². The number of hydrogen-bond acceptors (Lipinski definition) is 4. The van der Waals surface area contributed by atoms with Crippen molar-refractivity contribution >= 4 is 26.0 Å². The first-order valence-electron chi connectivity index (χ1n) is 6.88. The first-order valence-corrected chi connectivity index (χ1v) is 9.16. The van der Waals surface area contributed by atoms with Gasteiger partial charge in [0.15, 0.2) is 0 Å². The van der Waals surface area contributed by atoms with E-state index in [1.165, 1.54) is 0 Å². The molecular formula is C14H21BrN2O3S. The molecule has 118 valence electrons. The molecule has 0 saturated carbocycles. The van der Waals surface area contributed by atoms with Crippen molar-refractivity contribution in [3.05, 3.63) is 28.2 Å². The summed E-state index contributed by atoms with van der Waals surface area (Å²) in [5.74, 6) is 0. The molecule has 1 heterocycles. The lowest BCUT2D eigenvalue weighted by Crippen LogP contribution is -2.52. The van der Waals surface area contributed by atoms with Gasteiger partial charge in [-0.2, -0.15) is 0 Å². The second-order valence-corrected chi connectivity index (χ2v) is 8.13. The highest BCUT2D eigenvalue weighted by Gasteiger charge is 2.35. The van der Waals surface area contributed by atoms with E-state index in [9.17, 15) is 8.42 Å². The second kappa shape index (κ2) is 6.75. The molecule has 1 aliphatic rings. The molecule has 0 spiro atoms. The van der Waals surface area contributed by atoms with Crippen LogP contribution in [-0.4, -0.2) is 40.8 Å². The molecule has 2 rings (SSSR count). The molecule has 1 saturated heterocycles. The van der Waals surface area contributed by atoms with Crippen LogP contribution in [0.5, 0.6) is 0 Å². The molecule has 1 aromatic rings. The number of benzene rings is 1. The molecule has 0 aromatic heterocycles. The minimum absolute atomic E-state index is 0.304. The topological polar surface area (TPSA) is 67.4 Å². The van der Waals surface area contributed by atoms with E-state index in [1.54, 1.807) is 26.2 Å². The second-order valence-electron chi connectivity index (χ2n) is 5.48. The van der Waals surface area contributed by atoms with Gasteiger partial charge < -0.3 is 10.1 Å². The maximum atomic E-state index is 12.5. The van der Waals surface area contributed by atoms with Crippen LogP contribution in [0.1, 0.15) is 18.4 Å². The zero-order chi connectivity index (χ0) is 15.5. The molecule has 1 atom stereocenters. The van der Waals surface area contributed by atoms with E-state index in [4.69, 9.17) is 4.74 Å². The summed E-state index contributed by atoms with van der Waals surface area (Å²) in [5, 5.41) is 3.36. The molecule has 7 heteroatoms. The Morgan fingerprint density at radius 2 is 2.24 bits per heavy atom. The Hall–Kier alpha value is -0.470. The van der Waals surface area contributed by atoms with Crippen LogP contribution in [0.2, 0.25) is 0 Å². The SMILES string of the molecule is COCC1(CNS(=O)(=O)c2cc(Br)ccc2C)CCCN1. The van der Waals surface area contributed by atoms with Gasteiger partial charge >= 0.3 is 0 Å². The van der Waals surface area contributed by atoms with Crippen LogP contribution in [-0.2, 0) is 14.8 Å². The van der Waals surface area contributed by atoms with Crippen LogP contribution in [0.15, 0.2) is 27.6 Å². The summed E-state index contributed by atoms with van der Waals surface area (Å²) in [5.41, 5.74) is 0.424. The maximum absolute atomic E-state index is 12.5. The summed E-state index contributed by atoms with van der Waals surface area (Å²) in [6, 6.07) is 5.25. The van der Waals surface area contributed by atoms with Crippen LogP contribution < -0.4 is 10.0 Å². The number of ether oxygens (including phenoxy) is 1. The number of aryl methyl sites for hydroxylation is 1. The Bertz CT molecular complexity index is 598. The molecule has 0 aliphatic carbocycles. The first kappa shape index (κ1) is 16.9. The lowest BCUT2D eigenvalue weighted by molar-refractivity contribution is 0.122. The largest absolute Gasteiger partial charge is 0.383 e. The van der Waals surface area contributed by atoms with Gasteiger partial charge in [-0.1, -0.05) is 22.0 Å². The fourth-order valence-corrected chi connectivity index (χ4v) is 4.55. The lowest BCUT2D eigenvalue weighted by atomic mass is 9.99. The third-order valence-electron chi connectivity index (χ3n) is 3.79. The molecule has 1 aromatic carbocycles. The Kier molecular flexibility index (Phi) is 5.43. The molecule has 1 unspecified atom stereocenters. The average Bonchev–Trinajstić information content (AvgIpc) is 2.89. The summed E-state index contributed by atoms with van der Waals surface area (Å²) in [6.45, 7) is 3.50. The summed E-state index contributed by atoms with van der Waals surface area (Å²) in [7, 11) is -1.90.